The van der Waals surface area contributed by atoms with Crippen LogP contribution in [0.2, 0.25) is 0 Å². The Morgan fingerprint density at radius 1 is 1.31 bits per heavy atom. The predicted octanol–water partition coefficient (Wildman–Crippen LogP) is 3.43. The Bertz CT molecular complexity index is 285. The number of aliphatic imine (C=N–C) groups is 1. The maximum Gasteiger partial charge on any atom is 0.157 e. The fourth-order valence-corrected chi connectivity index (χ4v) is 3.56. The molecule has 1 unspecified atom stereocenters. The van der Waals surface area contributed by atoms with Crippen LogP contribution in [0.25, 0.3) is 0 Å². The summed E-state index contributed by atoms with van der Waals surface area (Å²) in [6.45, 7) is 8.99. The molecule has 1 atom stereocenters. The molecule has 1 spiro atoms. The highest BCUT2D eigenvalue weighted by atomic mass is 32.2. The maximum absolute atomic E-state index is 4.83. The zero-order chi connectivity index (χ0) is 11.8. The van der Waals surface area contributed by atoms with Crippen LogP contribution in [0.3, 0.4) is 0 Å². The van der Waals surface area contributed by atoms with Gasteiger partial charge in [-0.3, -0.25) is 4.99 Å². The number of nitrogens with zero attached hydrogens (tertiary/aromatic N) is 1. The van der Waals surface area contributed by atoms with Gasteiger partial charge < -0.3 is 5.32 Å². The van der Waals surface area contributed by atoms with E-state index in [1.165, 1.54) is 36.6 Å². The molecule has 3 heteroatoms. The Morgan fingerprint density at radius 2 is 1.94 bits per heavy atom. The standard InChI is InChI=1S/C13H24N2S/c1-10(12(2,3)4)14-11-15-13(9-16-11)7-5-6-8-13/h10H,5-9H2,1-4H3,(H,14,15). The predicted molar refractivity (Wildman–Crippen MR) is 73.1 cm³/mol. The largest absolute Gasteiger partial charge is 0.359 e. The number of nitrogens with one attached hydrogen (secondary N) is 1. The summed E-state index contributed by atoms with van der Waals surface area (Å²) in [5.74, 6) is 1.22. The number of hydrogen-bond donors (Lipinski definition) is 1. The van der Waals surface area contributed by atoms with E-state index in [1.54, 1.807) is 0 Å². The van der Waals surface area contributed by atoms with Gasteiger partial charge in [-0.15, -0.1) is 0 Å². The summed E-state index contributed by atoms with van der Waals surface area (Å²) >= 11 is 1.92. The molecule has 2 rings (SSSR count). The molecule has 2 fully saturated rings. The van der Waals surface area contributed by atoms with Gasteiger partial charge in [-0.05, 0) is 25.2 Å². The third kappa shape index (κ3) is 2.55. The molecule has 0 aromatic heterocycles. The van der Waals surface area contributed by atoms with E-state index < -0.39 is 0 Å². The molecule has 0 radical (unpaired) electrons. The van der Waals surface area contributed by atoms with Gasteiger partial charge in [0, 0.05) is 11.3 Å². The van der Waals surface area contributed by atoms with Gasteiger partial charge in [-0.25, -0.2) is 0 Å². The lowest BCUT2D eigenvalue weighted by atomic mass is 9.89. The van der Waals surface area contributed by atoms with Crippen LogP contribution >= 0.6 is 11.8 Å². The van der Waals surface area contributed by atoms with E-state index in [-0.39, 0.29) is 5.41 Å². The third-order valence-corrected chi connectivity index (χ3v) is 5.16. The zero-order valence-electron chi connectivity index (χ0n) is 11.0. The molecule has 16 heavy (non-hydrogen) atoms. The lowest BCUT2D eigenvalue weighted by molar-refractivity contribution is 0.340. The second kappa shape index (κ2) is 4.25. The van der Waals surface area contributed by atoms with Crippen LogP contribution in [0.4, 0.5) is 0 Å². The minimum Gasteiger partial charge on any atom is -0.359 e. The summed E-state index contributed by atoms with van der Waals surface area (Å²) in [5, 5.41) is 4.87. The number of hydrogen-bond acceptors (Lipinski definition) is 2. The molecular weight excluding hydrogens is 216 g/mol. The average Bonchev–Trinajstić information content (AvgIpc) is 2.77. The average molecular weight is 240 g/mol. The van der Waals surface area contributed by atoms with E-state index in [1.807, 2.05) is 11.8 Å². The zero-order valence-corrected chi connectivity index (χ0v) is 11.8. The van der Waals surface area contributed by atoms with E-state index in [2.05, 4.69) is 33.0 Å². The van der Waals surface area contributed by atoms with Crippen LogP contribution in [0.15, 0.2) is 4.99 Å². The summed E-state index contributed by atoms with van der Waals surface area (Å²) in [4.78, 5) is 4.83. The van der Waals surface area contributed by atoms with Crippen molar-refractivity contribution in [1.29, 1.82) is 0 Å². The first-order valence-electron chi connectivity index (χ1n) is 6.40. The lowest BCUT2D eigenvalue weighted by Crippen LogP contribution is -2.41. The van der Waals surface area contributed by atoms with E-state index in [0.29, 0.717) is 11.6 Å². The molecule has 1 N–H and O–H groups in total. The summed E-state index contributed by atoms with van der Waals surface area (Å²) in [5.41, 5.74) is 0.668. The van der Waals surface area contributed by atoms with E-state index >= 15 is 0 Å². The van der Waals surface area contributed by atoms with Crippen LogP contribution in [0.1, 0.15) is 53.4 Å². The molecule has 2 aliphatic rings. The van der Waals surface area contributed by atoms with Gasteiger partial charge in [0.25, 0.3) is 0 Å². The molecule has 92 valence electrons. The topological polar surface area (TPSA) is 24.4 Å². The maximum atomic E-state index is 4.83. The molecule has 1 saturated carbocycles. The molecular formula is C13H24N2S. The minimum absolute atomic E-state index is 0.265. The van der Waals surface area contributed by atoms with Crippen molar-refractivity contribution >= 4 is 16.9 Å². The monoisotopic (exact) mass is 240 g/mol. The van der Waals surface area contributed by atoms with Crippen molar-refractivity contribution in [3.05, 3.63) is 0 Å². The van der Waals surface area contributed by atoms with Crippen LogP contribution in [0, 0.1) is 5.41 Å². The molecule has 1 aliphatic heterocycles. The first-order chi connectivity index (χ1) is 7.41. The summed E-state index contributed by atoms with van der Waals surface area (Å²) in [6, 6.07) is 0.388. The van der Waals surface area contributed by atoms with Crippen molar-refractivity contribution in [3.8, 4) is 0 Å². The number of rotatable bonds is 1. The second-order valence-corrected chi connectivity index (χ2v) is 7.34. The second-order valence-electron chi connectivity index (χ2n) is 6.38. The first-order valence-corrected chi connectivity index (χ1v) is 7.39. The Hall–Kier alpha value is -0.180. The fourth-order valence-electron chi connectivity index (χ4n) is 2.27. The van der Waals surface area contributed by atoms with Crippen molar-refractivity contribution < 1.29 is 0 Å². The van der Waals surface area contributed by atoms with Crippen molar-refractivity contribution in [1.82, 2.24) is 5.32 Å². The normalized spacial score (nSPS) is 28.6. The van der Waals surface area contributed by atoms with Gasteiger partial charge in [0.2, 0.25) is 0 Å². The van der Waals surface area contributed by atoms with Crippen LogP contribution in [0.5, 0.6) is 0 Å². The Kier molecular flexibility index (Phi) is 3.26. The van der Waals surface area contributed by atoms with Gasteiger partial charge in [-0.1, -0.05) is 45.4 Å². The van der Waals surface area contributed by atoms with Crippen LogP contribution < -0.4 is 5.32 Å². The lowest BCUT2D eigenvalue weighted by Gasteiger charge is -2.25. The third-order valence-electron chi connectivity index (χ3n) is 3.98. The molecule has 0 amide bonds. The molecule has 1 aliphatic carbocycles. The number of amidine groups is 1. The van der Waals surface area contributed by atoms with Crippen molar-refractivity contribution in [3.63, 3.8) is 0 Å². The summed E-state index contributed by atoms with van der Waals surface area (Å²) in [7, 11) is 0. The van der Waals surface area contributed by atoms with E-state index in [4.69, 9.17) is 4.99 Å². The van der Waals surface area contributed by atoms with E-state index in [0.717, 1.165) is 0 Å². The van der Waals surface area contributed by atoms with Gasteiger partial charge >= 0.3 is 0 Å². The Balaban J connectivity index is 2.00. The van der Waals surface area contributed by atoms with Crippen molar-refractivity contribution in [2.45, 2.75) is 65.0 Å². The van der Waals surface area contributed by atoms with Gasteiger partial charge in [-0.2, -0.15) is 0 Å². The highest BCUT2D eigenvalue weighted by Crippen LogP contribution is 2.38. The molecule has 2 nitrogen and oxygen atoms in total. The smallest absolute Gasteiger partial charge is 0.157 e. The van der Waals surface area contributed by atoms with Crippen molar-refractivity contribution in [2.24, 2.45) is 10.4 Å². The van der Waals surface area contributed by atoms with Gasteiger partial charge in [0.1, 0.15) is 0 Å². The van der Waals surface area contributed by atoms with E-state index in [9.17, 15) is 0 Å². The fraction of sp³-hybridized carbons (Fsp3) is 0.923. The molecule has 0 bridgehead atoms. The van der Waals surface area contributed by atoms with Crippen molar-refractivity contribution in [2.75, 3.05) is 5.75 Å². The summed E-state index contributed by atoms with van der Waals surface area (Å²) in [6.07, 6.45) is 5.44. The molecule has 1 heterocycles. The Labute approximate surface area is 104 Å². The number of thioether (sulfide) groups is 1. The van der Waals surface area contributed by atoms with Gasteiger partial charge in [0.05, 0.1) is 6.04 Å². The molecule has 0 aromatic carbocycles. The molecule has 1 saturated heterocycles. The molecule has 0 aromatic rings. The SMILES string of the molecule is CC(N=C1NC2(CCCC2)CS1)C(C)(C)C. The summed E-state index contributed by atoms with van der Waals surface area (Å²) < 4.78 is 0. The highest BCUT2D eigenvalue weighted by Gasteiger charge is 2.39. The minimum atomic E-state index is 0.265. The van der Waals surface area contributed by atoms with Gasteiger partial charge in [0.15, 0.2) is 5.17 Å². The first kappa shape index (κ1) is 12.3. The van der Waals surface area contributed by atoms with Crippen LogP contribution in [-0.2, 0) is 0 Å². The Morgan fingerprint density at radius 3 is 2.50 bits per heavy atom. The van der Waals surface area contributed by atoms with Crippen LogP contribution in [-0.4, -0.2) is 22.5 Å². The quantitative estimate of drug-likeness (QED) is 0.759. The highest BCUT2D eigenvalue weighted by molar-refractivity contribution is 8.14.